The van der Waals surface area contributed by atoms with E-state index in [4.69, 9.17) is 21.1 Å². The number of carbonyl (C=O) groups is 1. The number of pyridine rings is 2. The van der Waals surface area contributed by atoms with Gasteiger partial charge in [0.1, 0.15) is 24.2 Å². The van der Waals surface area contributed by atoms with E-state index in [1.807, 2.05) is 32.0 Å². The molecule has 2 heterocycles. The van der Waals surface area contributed by atoms with Crippen LogP contribution < -0.4 is 20.1 Å². The van der Waals surface area contributed by atoms with E-state index >= 15 is 0 Å². The predicted molar refractivity (Wildman–Crippen MR) is 140 cm³/mol. The van der Waals surface area contributed by atoms with E-state index in [2.05, 4.69) is 26.7 Å². The fraction of sp³-hybridized carbons (Fsp3) is 0.185. The molecule has 0 fully saturated rings. The number of hydrogen-bond donors (Lipinski definition) is 2. The van der Waals surface area contributed by atoms with Crippen molar-refractivity contribution in [2.24, 2.45) is 0 Å². The molecular formula is C27H24ClN5O3. The monoisotopic (exact) mass is 501 g/mol. The van der Waals surface area contributed by atoms with Gasteiger partial charge in [-0.15, -0.1) is 0 Å². The Morgan fingerprint density at radius 3 is 2.67 bits per heavy atom. The van der Waals surface area contributed by atoms with Crippen molar-refractivity contribution in [2.75, 3.05) is 17.2 Å². The summed E-state index contributed by atoms with van der Waals surface area (Å²) in [5.41, 5.74) is 4.48. The third-order valence-corrected chi connectivity index (χ3v) is 5.68. The van der Waals surface area contributed by atoms with Crippen molar-refractivity contribution in [3.05, 3.63) is 76.7 Å². The molecule has 2 aromatic heterocycles. The van der Waals surface area contributed by atoms with Crippen molar-refractivity contribution in [1.29, 1.82) is 5.26 Å². The van der Waals surface area contributed by atoms with E-state index in [0.717, 1.165) is 11.3 Å². The molecule has 36 heavy (non-hydrogen) atoms. The summed E-state index contributed by atoms with van der Waals surface area (Å²) < 4.78 is 11.6. The van der Waals surface area contributed by atoms with Crippen molar-refractivity contribution in [3.8, 4) is 17.6 Å². The van der Waals surface area contributed by atoms with Crippen molar-refractivity contribution >= 4 is 45.5 Å². The molecule has 0 saturated heterocycles. The fourth-order valence-corrected chi connectivity index (χ4v) is 3.89. The van der Waals surface area contributed by atoms with Crippen LogP contribution in [0.15, 0.2) is 54.9 Å². The van der Waals surface area contributed by atoms with Crippen molar-refractivity contribution in [1.82, 2.24) is 9.97 Å². The summed E-state index contributed by atoms with van der Waals surface area (Å²) in [6.07, 6.45) is 3.22. The van der Waals surface area contributed by atoms with E-state index in [0.29, 0.717) is 63.3 Å². The molecule has 182 valence electrons. The summed E-state index contributed by atoms with van der Waals surface area (Å²) >= 11 is 6.50. The molecule has 0 aliphatic carbocycles. The number of halogens is 1. The predicted octanol–water partition coefficient (Wildman–Crippen LogP) is 6.14. The topological polar surface area (TPSA) is 109 Å². The maximum Gasteiger partial charge on any atom is 0.221 e. The molecule has 1 amide bonds. The van der Waals surface area contributed by atoms with Crippen LogP contribution in [0.4, 0.5) is 17.1 Å². The molecule has 8 nitrogen and oxygen atoms in total. The minimum Gasteiger partial charge on any atom is -0.492 e. The number of aryl methyl sites for hydroxylation is 1. The van der Waals surface area contributed by atoms with Crippen LogP contribution >= 0.6 is 11.6 Å². The largest absolute Gasteiger partial charge is 0.492 e. The van der Waals surface area contributed by atoms with Gasteiger partial charge >= 0.3 is 0 Å². The van der Waals surface area contributed by atoms with E-state index in [9.17, 15) is 10.1 Å². The zero-order valence-electron chi connectivity index (χ0n) is 20.1. The van der Waals surface area contributed by atoms with Crippen LogP contribution in [0.5, 0.6) is 11.5 Å². The van der Waals surface area contributed by atoms with E-state index in [-0.39, 0.29) is 5.91 Å². The van der Waals surface area contributed by atoms with E-state index in [1.54, 1.807) is 30.5 Å². The molecule has 0 unspecified atom stereocenters. The second-order valence-electron chi connectivity index (χ2n) is 7.96. The van der Waals surface area contributed by atoms with Gasteiger partial charge in [0.2, 0.25) is 5.91 Å². The van der Waals surface area contributed by atoms with Crippen LogP contribution in [0.1, 0.15) is 30.7 Å². The quantitative estimate of drug-likeness (QED) is 0.298. The number of carbonyl (C=O) groups excluding carboxylic acids is 1. The van der Waals surface area contributed by atoms with Gasteiger partial charge in [-0.25, -0.2) is 0 Å². The van der Waals surface area contributed by atoms with Crippen LogP contribution in [-0.4, -0.2) is 22.5 Å². The van der Waals surface area contributed by atoms with Crippen LogP contribution in [0.25, 0.3) is 10.9 Å². The summed E-state index contributed by atoms with van der Waals surface area (Å²) in [4.78, 5) is 20.5. The number of hydrogen-bond acceptors (Lipinski definition) is 7. The first kappa shape index (κ1) is 24.8. The Kier molecular flexibility index (Phi) is 7.52. The summed E-state index contributed by atoms with van der Waals surface area (Å²) in [7, 11) is 0. The summed E-state index contributed by atoms with van der Waals surface area (Å²) in [6.45, 7) is 5.97. The normalized spacial score (nSPS) is 10.5. The van der Waals surface area contributed by atoms with E-state index < -0.39 is 0 Å². The first-order valence-electron chi connectivity index (χ1n) is 11.3. The lowest BCUT2D eigenvalue weighted by atomic mass is 10.1. The van der Waals surface area contributed by atoms with Gasteiger partial charge in [0, 0.05) is 36.5 Å². The van der Waals surface area contributed by atoms with Gasteiger partial charge in [0.25, 0.3) is 0 Å². The molecule has 0 spiro atoms. The molecule has 4 aromatic rings. The summed E-state index contributed by atoms with van der Waals surface area (Å²) in [5.74, 6) is 0.773. The standard InChI is InChI=1S/C27H24ClN5O3/c1-4-35-26-12-22-20(11-23(26)32-17(3)34)27(18(13-29)14-31-22)33-19-7-8-25(21(28)10-19)36-15-24-16(2)6-5-9-30-24/h5-12,14H,4,15H2,1-3H3,(H,31,33)(H,32,34). The Balaban J connectivity index is 1.67. The lowest BCUT2D eigenvalue weighted by molar-refractivity contribution is -0.114. The molecule has 9 heteroatoms. The zero-order valence-corrected chi connectivity index (χ0v) is 20.8. The van der Waals surface area contributed by atoms with Crippen molar-refractivity contribution in [2.45, 2.75) is 27.4 Å². The summed E-state index contributed by atoms with van der Waals surface area (Å²) in [6, 6.07) is 14.8. The third-order valence-electron chi connectivity index (χ3n) is 5.38. The van der Waals surface area contributed by atoms with Crippen LogP contribution in [0, 0.1) is 18.3 Å². The van der Waals surface area contributed by atoms with Crippen LogP contribution in [0.3, 0.4) is 0 Å². The number of rotatable bonds is 8. The molecule has 2 aromatic carbocycles. The minimum atomic E-state index is -0.238. The first-order chi connectivity index (χ1) is 17.4. The maximum absolute atomic E-state index is 11.8. The third kappa shape index (κ3) is 5.48. The number of nitrogens with one attached hydrogen (secondary N) is 2. The molecule has 4 rings (SSSR count). The molecule has 0 aliphatic heterocycles. The lowest BCUT2D eigenvalue weighted by Gasteiger charge is -2.16. The minimum absolute atomic E-state index is 0.238. The molecule has 0 radical (unpaired) electrons. The van der Waals surface area contributed by atoms with Gasteiger partial charge in [0.05, 0.1) is 39.8 Å². The molecular weight excluding hydrogens is 478 g/mol. The number of amides is 1. The number of anilines is 3. The Hall–Kier alpha value is -4.35. The Bertz CT molecular complexity index is 1480. The molecule has 2 N–H and O–H groups in total. The molecule has 0 aliphatic rings. The van der Waals surface area contributed by atoms with Crippen molar-refractivity contribution < 1.29 is 14.3 Å². The number of nitriles is 1. The Labute approximate surface area is 213 Å². The van der Waals surface area contributed by atoms with E-state index in [1.165, 1.54) is 13.1 Å². The Morgan fingerprint density at radius 2 is 1.97 bits per heavy atom. The van der Waals surface area contributed by atoms with Crippen molar-refractivity contribution in [3.63, 3.8) is 0 Å². The number of fused-ring (bicyclic) bond motifs is 1. The molecule has 0 bridgehead atoms. The first-order valence-corrected chi connectivity index (χ1v) is 11.6. The average Bonchev–Trinajstić information content (AvgIpc) is 2.85. The Morgan fingerprint density at radius 1 is 1.14 bits per heavy atom. The smallest absolute Gasteiger partial charge is 0.221 e. The highest BCUT2D eigenvalue weighted by atomic mass is 35.5. The number of ether oxygens (including phenoxy) is 2. The average molecular weight is 502 g/mol. The highest BCUT2D eigenvalue weighted by Crippen LogP contribution is 2.37. The lowest BCUT2D eigenvalue weighted by Crippen LogP contribution is -2.08. The van der Waals surface area contributed by atoms with Gasteiger partial charge < -0.3 is 20.1 Å². The van der Waals surface area contributed by atoms with Crippen LogP contribution in [0.2, 0.25) is 5.02 Å². The number of benzene rings is 2. The highest BCUT2D eigenvalue weighted by molar-refractivity contribution is 6.32. The molecule has 0 saturated carbocycles. The number of nitrogens with zero attached hydrogens (tertiary/aromatic N) is 3. The molecule has 0 atom stereocenters. The van der Waals surface area contributed by atoms with Gasteiger partial charge in [0.15, 0.2) is 0 Å². The van der Waals surface area contributed by atoms with Gasteiger partial charge in [-0.3, -0.25) is 14.8 Å². The SMILES string of the molecule is CCOc1cc2ncc(C#N)c(Nc3ccc(OCc4ncccc4C)c(Cl)c3)c2cc1NC(C)=O. The fourth-order valence-electron chi connectivity index (χ4n) is 3.66. The summed E-state index contributed by atoms with van der Waals surface area (Å²) in [5, 5.41) is 16.8. The highest BCUT2D eigenvalue weighted by Gasteiger charge is 2.15. The van der Waals surface area contributed by atoms with Gasteiger partial charge in [-0.05, 0) is 49.7 Å². The van der Waals surface area contributed by atoms with Crippen LogP contribution in [-0.2, 0) is 11.4 Å². The second-order valence-corrected chi connectivity index (χ2v) is 8.37. The maximum atomic E-state index is 11.8. The van der Waals surface area contributed by atoms with Gasteiger partial charge in [-0.2, -0.15) is 5.26 Å². The van der Waals surface area contributed by atoms with Gasteiger partial charge in [-0.1, -0.05) is 17.7 Å². The number of aromatic nitrogens is 2. The zero-order chi connectivity index (χ0) is 25.7. The second kappa shape index (κ2) is 10.9.